The average Bonchev–Trinajstić information content (AvgIpc) is 3.11. The molecular weight excluding hydrogens is 404 g/mol. The zero-order valence-electron chi connectivity index (χ0n) is 15.2. The largest absolute Gasteiger partial charge is 0.462 e. The van der Waals surface area contributed by atoms with Crippen LogP contribution >= 0.6 is 34.7 Å². The molecule has 1 fully saturated rings. The van der Waals surface area contributed by atoms with E-state index >= 15 is 0 Å². The van der Waals surface area contributed by atoms with Gasteiger partial charge in [-0.2, -0.15) is 0 Å². The van der Waals surface area contributed by atoms with E-state index < -0.39 is 0 Å². The Labute approximate surface area is 172 Å². The van der Waals surface area contributed by atoms with Gasteiger partial charge in [0.2, 0.25) is 0 Å². The van der Waals surface area contributed by atoms with E-state index in [0.29, 0.717) is 35.4 Å². The van der Waals surface area contributed by atoms with Gasteiger partial charge in [0.1, 0.15) is 4.88 Å². The molecule has 1 aliphatic heterocycles. The number of ether oxygens (including phenoxy) is 2. The predicted octanol–water partition coefficient (Wildman–Crippen LogP) is 4.93. The summed E-state index contributed by atoms with van der Waals surface area (Å²) in [5.74, 6) is -0.344. The van der Waals surface area contributed by atoms with Gasteiger partial charge in [0.05, 0.1) is 25.5 Å². The fourth-order valence-electron chi connectivity index (χ4n) is 2.67. The van der Waals surface area contributed by atoms with E-state index in [1.807, 2.05) is 36.6 Å². The van der Waals surface area contributed by atoms with Crippen molar-refractivity contribution in [3.63, 3.8) is 0 Å². The third kappa shape index (κ3) is 5.04. The molecule has 0 atom stereocenters. The third-order valence-electron chi connectivity index (χ3n) is 3.98. The number of thioether (sulfide) groups is 1. The van der Waals surface area contributed by atoms with Crippen molar-refractivity contribution in [2.45, 2.75) is 6.92 Å². The van der Waals surface area contributed by atoms with E-state index in [1.165, 1.54) is 11.3 Å². The summed E-state index contributed by atoms with van der Waals surface area (Å²) in [6.45, 7) is 5.09. The highest BCUT2D eigenvalue weighted by Gasteiger charge is 2.21. The summed E-state index contributed by atoms with van der Waals surface area (Å²) < 4.78 is 10.7. The Morgan fingerprint density at radius 1 is 1.33 bits per heavy atom. The molecule has 0 aliphatic carbocycles. The van der Waals surface area contributed by atoms with Crippen LogP contribution in [0.3, 0.4) is 0 Å². The van der Waals surface area contributed by atoms with Gasteiger partial charge in [0, 0.05) is 23.0 Å². The molecular formula is C19H21ClN2O3S2. The van der Waals surface area contributed by atoms with Crippen molar-refractivity contribution in [3.8, 4) is 10.4 Å². The van der Waals surface area contributed by atoms with Gasteiger partial charge in [0.15, 0.2) is 5.17 Å². The Hall–Kier alpha value is -1.54. The van der Waals surface area contributed by atoms with Gasteiger partial charge < -0.3 is 14.4 Å². The van der Waals surface area contributed by atoms with Gasteiger partial charge in [-0.05, 0) is 36.9 Å². The maximum Gasteiger partial charge on any atom is 0.350 e. The summed E-state index contributed by atoms with van der Waals surface area (Å²) in [6.07, 6.45) is 1.99. The number of halogens is 1. The SMILES string of the molecule is CCOC(=O)c1sc(-c2ccc(Cl)cc2)cc1N=C(SC)N1CCOCC1. The fourth-order valence-corrected chi connectivity index (χ4v) is 4.42. The minimum Gasteiger partial charge on any atom is -0.462 e. The molecule has 0 radical (unpaired) electrons. The summed E-state index contributed by atoms with van der Waals surface area (Å²) in [5, 5.41) is 1.56. The van der Waals surface area contributed by atoms with Crippen LogP contribution in [0, 0.1) is 0 Å². The lowest BCUT2D eigenvalue weighted by atomic mass is 10.2. The molecule has 0 N–H and O–H groups in total. The lowest BCUT2D eigenvalue weighted by Crippen LogP contribution is -2.39. The standard InChI is InChI=1S/C19H21ClN2O3S2/c1-3-25-18(23)17-15(21-19(26-2)22-8-10-24-11-9-22)12-16(27-17)13-4-6-14(20)7-5-13/h4-7,12H,3,8-11H2,1-2H3. The number of carbonyl (C=O) groups excluding carboxylic acids is 1. The maximum absolute atomic E-state index is 12.5. The van der Waals surface area contributed by atoms with Gasteiger partial charge >= 0.3 is 5.97 Å². The van der Waals surface area contributed by atoms with E-state index in [0.717, 1.165) is 28.7 Å². The van der Waals surface area contributed by atoms with Gasteiger partial charge in [-0.15, -0.1) is 11.3 Å². The topological polar surface area (TPSA) is 51.1 Å². The lowest BCUT2D eigenvalue weighted by molar-refractivity contribution is 0.0533. The first-order valence-corrected chi connectivity index (χ1v) is 11.1. The summed E-state index contributed by atoms with van der Waals surface area (Å²) in [5.41, 5.74) is 1.63. The molecule has 27 heavy (non-hydrogen) atoms. The summed E-state index contributed by atoms with van der Waals surface area (Å²) >= 11 is 8.95. The lowest BCUT2D eigenvalue weighted by Gasteiger charge is -2.28. The summed E-state index contributed by atoms with van der Waals surface area (Å²) in [6, 6.07) is 9.49. The quantitative estimate of drug-likeness (QED) is 0.395. The Balaban J connectivity index is 1.99. The van der Waals surface area contributed by atoms with E-state index in [-0.39, 0.29) is 5.97 Å². The highest BCUT2D eigenvalue weighted by Crippen LogP contribution is 2.38. The Morgan fingerprint density at radius 2 is 2.04 bits per heavy atom. The minimum atomic E-state index is -0.344. The molecule has 1 saturated heterocycles. The van der Waals surface area contributed by atoms with Gasteiger partial charge in [-0.1, -0.05) is 35.5 Å². The number of thiophene rings is 1. The minimum absolute atomic E-state index is 0.328. The van der Waals surface area contributed by atoms with Gasteiger partial charge in [0.25, 0.3) is 0 Å². The summed E-state index contributed by atoms with van der Waals surface area (Å²) in [7, 11) is 0. The first-order chi connectivity index (χ1) is 13.1. The number of amidine groups is 1. The number of carbonyl (C=O) groups is 1. The van der Waals surface area contributed by atoms with Crippen LogP contribution in [0.1, 0.15) is 16.6 Å². The van der Waals surface area contributed by atoms with Crippen LogP contribution in [0.4, 0.5) is 5.69 Å². The second-order valence-electron chi connectivity index (χ2n) is 5.75. The smallest absolute Gasteiger partial charge is 0.350 e. The second kappa shape index (κ2) is 9.59. The molecule has 0 spiro atoms. The molecule has 1 aromatic heterocycles. The van der Waals surface area contributed by atoms with Crippen LogP contribution in [-0.4, -0.2) is 55.2 Å². The molecule has 2 aromatic rings. The number of esters is 1. The van der Waals surface area contributed by atoms with Crippen LogP contribution < -0.4 is 0 Å². The number of aliphatic imine (C=N–C) groups is 1. The highest BCUT2D eigenvalue weighted by molar-refractivity contribution is 8.13. The number of hydrogen-bond donors (Lipinski definition) is 0. The monoisotopic (exact) mass is 424 g/mol. The molecule has 1 aromatic carbocycles. The Bertz CT molecular complexity index is 815. The van der Waals surface area contributed by atoms with Crippen LogP contribution in [0.2, 0.25) is 5.02 Å². The predicted molar refractivity (Wildman–Crippen MR) is 114 cm³/mol. The Kier molecular flexibility index (Phi) is 7.18. The number of morpholine rings is 1. The van der Waals surface area contributed by atoms with E-state index in [4.69, 9.17) is 26.1 Å². The average molecular weight is 425 g/mol. The number of benzene rings is 1. The molecule has 0 bridgehead atoms. The third-order valence-corrected chi connectivity index (χ3v) is 6.10. The molecule has 0 saturated carbocycles. The van der Waals surface area contributed by atoms with Crippen molar-refractivity contribution in [2.24, 2.45) is 4.99 Å². The number of nitrogens with zero attached hydrogens (tertiary/aromatic N) is 2. The summed E-state index contributed by atoms with van der Waals surface area (Å²) in [4.78, 5) is 20.9. The fraction of sp³-hybridized carbons (Fsp3) is 0.368. The van der Waals surface area contributed by atoms with Crippen molar-refractivity contribution in [1.82, 2.24) is 4.90 Å². The van der Waals surface area contributed by atoms with Crippen LogP contribution in [0.15, 0.2) is 35.3 Å². The van der Waals surface area contributed by atoms with Crippen molar-refractivity contribution >= 4 is 51.5 Å². The highest BCUT2D eigenvalue weighted by atomic mass is 35.5. The van der Waals surface area contributed by atoms with E-state index in [9.17, 15) is 4.79 Å². The van der Waals surface area contributed by atoms with Crippen LogP contribution in [-0.2, 0) is 9.47 Å². The van der Waals surface area contributed by atoms with Crippen LogP contribution in [0.25, 0.3) is 10.4 Å². The molecule has 0 unspecified atom stereocenters. The second-order valence-corrected chi connectivity index (χ2v) is 8.01. The van der Waals surface area contributed by atoms with E-state index in [2.05, 4.69) is 4.90 Å². The molecule has 0 amide bonds. The van der Waals surface area contributed by atoms with Gasteiger partial charge in [-0.3, -0.25) is 0 Å². The first kappa shape index (κ1) is 20.2. The van der Waals surface area contributed by atoms with Crippen molar-refractivity contribution < 1.29 is 14.3 Å². The van der Waals surface area contributed by atoms with Crippen molar-refractivity contribution in [1.29, 1.82) is 0 Å². The van der Waals surface area contributed by atoms with Crippen molar-refractivity contribution in [3.05, 3.63) is 40.2 Å². The first-order valence-electron chi connectivity index (χ1n) is 8.64. The zero-order valence-corrected chi connectivity index (χ0v) is 17.6. The Morgan fingerprint density at radius 3 is 2.67 bits per heavy atom. The molecule has 5 nitrogen and oxygen atoms in total. The molecule has 144 valence electrons. The van der Waals surface area contributed by atoms with Crippen LogP contribution in [0.5, 0.6) is 0 Å². The van der Waals surface area contributed by atoms with Crippen molar-refractivity contribution in [2.75, 3.05) is 39.2 Å². The van der Waals surface area contributed by atoms with Gasteiger partial charge in [-0.25, -0.2) is 9.79 Å². The molecule has 1 aliphatic rings. The maximum atomic E-state index is 12.5. The van der Waals surface area contributed by atoms with E-state index in [1.54, 1.807) is 18.7 Å². The zero-order chi connectivity index (χ0) is 19.2. The molecule has 8 heteroatoms. The number of hydrogen-bond acceptors (Lipinski definition) is 6. The molecule has 3 rings (SSSR count). The number of rotatable bonds is 4. The normalized spacial score (nSPS) is 15.1. The molecule has 2 heterocycles.